The Morgan fingerprint density at radius 3 is 2.90 bits per heavy atom. The molecule has 1 aliphatic rings. The van der Waals surface area contributed by atoms with Crippen LogP contribution in [0.15, 0.2) is 12.7 Å². The van der Waals surface area contributed by atoms with Crippen LogP contribution in [0, 0.1) is 0 Å². The molecule has 0 amide bonds. The van der Waals surface area contributed by atoms with Gasteiger partial charge in [-0.25, -0.2) is 0 Å². The van der Waals surface area contributed by atoms with Crippen molar-refractivity contribution < 1.29 is 9.84 Å². The summed E-state index contributed by atoms with van der Waals surface area (Å²) in [4.78, 5) is 0. The number of rotatable bonds is 4. The molecule has 0 spiro atoms. The fourth-order valence-corrected chi connectivity index (χ4v) is 0.738. The van der Waals surface area contributed by atoms with E-state index in [0.717, 1.165) is 6.42 Å². The van der Waals surface area contributed by atoms with Crippen LogP contribution < -0.4 is 5.73 Å². The van der Waals surface area contributed by atoms with Gasteiger partial charge in [0.1, 0.15) is 6.61 Å². The Bertz CT molecular complexity index is 132. The number of epoxide rings is 1. The van der Waals surface area contributed by atoms with Crippen LogP contribution in [-0.2, 0) is 4.74 Å². The first-order valence-corrected chi connectivity index (χ1v) is 3.41. The summed E-state index contributed by atoms with van der Waals surface area (Å²) in [6.45, 7) is 3.99. The highest BCUT2D eigenvalue weighted by molar-refractivity contribution is 4.87. The van der Waals surface area contributed by atoms with Crippen molar-refractivity contribution in [2.45, 2.75) is 24.7 Å². The maximum atomic E-state index is 9.16. The van der Waals surface area contributed by atoms with Crippen LogP contribution in [0.1, 0.15) is 12.8 Å². The third-order valence-corrected chi connectivity index (χ3v) is 1.65. The molecule has 3 heteroatoms. The van der Waals surface area contributed by atoms with Crippen molar-refractivity contribution in [3.8, 4) is 0 Å². The fourth-order valence-electron chi connectivity index (χ4n) is 0.738. The third-order valence-electron chi connectivity index (χ3n) is 1.65. The summed E-state index contributed by atoms with van der Waals surface area (Å²) in [6, 6.07) is -0.0202. The van der Waals surface area contributed by atoms with Gasteiger partial charge in [0.25, 0.3) is 0 Å². The lowest BCUT2D eigenvalue weighted by Gasteiger charge is -2.06. The summed E-state index contributed by atoms with van der Waals surface area (Å²) in [5.41, 5.74) is 5.52. The number of hydrogen-bond donors (Lipinski definition) is 2. The SMILES string of the molecule is C=C[C@@H](N)CCC1(O)CO1. The molecule has 0 aromatic carbocycles. The average Bonchev–Trinajstić information content (AvgIpc) is 2.64. The molecule has 58 valence electrons. The van der Waals surface area contributed by atoms with E-state index < -0.39 is 5.79 Å². The van der Waals surface area contributed by atoms with Gasteiger partial charge in [-0.05, 0) is 6.42 Å². The van der Waals surface area contributed by atoms with Crippen molar-refractivity contribution in [2.24, 2.45) is 5.73 Å². The van der Waals surface area contributed by atoms with Crippen molar-refractivity contribution in [2.75, 3.05) is 6.61 Å². The average molecular weight is 143 g/mol. The summed E-state index contributed by atoms with van der Waals surface area (Å²) in [5, 5.41) is 9.16. The van der Waals surface area contributed by atoms with E-state index in [4.69, 9.17) is 15.6 Å². The first-order chi connectivity index (χ1) is 4.66. The van der Waals surface area contributed by atoms with E-state index in [9.17, 15) is 0 Å². The predicted octanol–water partition coefficient (Wildman–Crippen LogP) is -0.00130. The van der Waals surface area contributed by atoms with Crippen LogP contribution >= 0.6 is 0 Å². The second-order valence-corrected chi connectivity index (χ2v) is 2.67. The molecule has 0 aromatic rings. The van der Waals surface area contributed by atoms with E-state index in [1.54, 1.807) is 6.08 Å². The number of aliphatic hydroxyl groups is 1. The Morgan fingerprint density at radius 1 is 1.90 bits per heavy atom. The van der Waals surface area contributed by atoms with Gasteiger partial charge in [0.05, 0.1) is 0 Å². The minimum absolute atomic E-state index is 0.0202. The Balaban J connectivity index is 2.10. The van der Waals surface area contributed by atoms with Gasteiger partial charge >= 0.3 is 0 Å². The molecule has 0 aliphatic carbocycles. The highest BCUT2D eigenvalue weighted by Crippen LogP contribution is 2.28. The molecule has 1 unspecified atom stereocenters. The molecule has 0 bridgehead atoms. The molecule has 1 saturated heterocycles. The number of hydrogen-bond acceptors (Lipinski definition) is 3. The van der Waals surface area contributed by atoms with Gasteiger partial charge in [-0.2, -0.15) is 0 Å². The largest absolute Gasteiger partial charge is 0.364 e. The Kier molecular flexibility index (Phi) is 2.08. The van der Waals surface area contributed by atoms with Crippen LogP contribution in [0.25, 0.3) is 0 Å². The summed E-state index contributed by atoms with van der Waals surface area (Å²) in [7, 11) is 0. The van der Waals surface area contributed by atoms with Crippen molar-refractivity contribution in [1.29, 1.82) is 0 Å². The van der Waals surface area contributed by atoms with E-state index in [1.165, 1.54) is 0 Å². The third kappa shape index (κ3) is 2.10. The van der Waals surface area contributed by atoms with Gasteiger partial charge in [-0.1, -0.05) is 6.08 Å². The van der Waals surface area contributed by atoms with Gasteiger partial charge in [-0.15, -0.1) is 6.58 Å². The second-order valence-electron chi connectivity index (χ2n) is 2.67. The first kappa shape index (κ1) is 7.72. The van der Waals surface area contributed by atoms with Crippen LogP contribution in [0.5, 0.6) is 0 Å². The van der Waals surface area contributed by atoms with Gasteiger partial charge in [-0.3, -0.25) is 0 Å². The molecule has 1 aliphatic heterocycles. The highest BCUT2D eigenvalue weighted by Gasteiger charge is 2.41. The summed E-state index contributed by atoms with van der Waals surface area (Å²) in [6.07, 6.45) is 3.02. The minimum Gasteiger partial charge on any atom is -0.364 e. The van der Waals surface area contributed by atoms with E-state index in [0.29, 0.717) is 13.0 Å². The zero-order valence-electron chi connectivity index (χ0n) is 5.92. The second kappa shape index (κ2) is 2.70. The molecule has 0 saturated carbocycles. The molecular weight excluding hydrogens is 130 g/mol. The van der Waals surface area contributed by atoms with Crippen molar-refractivity contribution >= 4 is 0 Å². The van der Waals surface area contributed by atoms with Gasteiger partial charge in [0.15, 0.2) is 5.79 Å². The van der Waals surface area contributed by atoms with Crippen LogP contribution in [0.3, 0.4) is 0 Å². The molecule has 10 heavy (non-hydrogen) atoms. The highest BCUT2D eigenvalue weighted by atomic mass is 16.7. The zero-order chi connectivity index (χ0) is 7.61. The summed E-state index contributed by atoms with van der Waals surface area (Å²) >= 11 is 0. The van der Waals surface area contributed by atoms with Crippen LogP contribution in [-0.4, -0.2) is 23.5 Å². The molecule has 2 atom stereocenters. The number of ether oxygens (including phenoxy) is 1. The minimum atomic E-state index is -0.847. The molecular formula is C7H13NO2. The van der Waals surface area contributed by atoms with E-state index in [1.807, 2.05) is 0 Å². The topological polar surface area (TPSA) is 58.8 Å². The lowest BCUT2D eigenvalue weighted by molar-refractivity contribution is 0.0265. The quantitative estimate of drug-likeness (QED) is 0.430. The lowest BCUT2D eigenvalue weighted by Crippen LogP contribution is -2.20. The summed E-state index contributed by atoms with van der Waals surface area (Å²) in [5.74, 6) is -0.847. The van der Waals surface area contributed by atoms with E-state index in [-0.39, 0.29) is 6.04 Å². The van der Waals surface area contributed by atoms with Crippen molar-refractivity contribution in [3.05, 3.63) is 12.7 Å². The number of nitrogens with two attached hydrogens (primary N) is 1. The van der Waals surface area contributed by atoms with E-state index >= 15 is 0 Å². The lowest BCUT2D eigenvalue weighted by atomic mass is 10.1. The molecule has 0 radical (unpaired) electrons. The van der Waals surface area contributed by atoms with Gasteiger partial charge in [0.2, 0.25) is 0 Å². The molecule has 3 nitrogen and oxygen atoms in total. The predicted molar refractivity (Wildman–Crippen MR) is 38.3 cm³/mol. The van der Waals surface area contributed by atoms with E-state index in [2.05, 4.69) is 6.58 Å². The first-order valence-electron chi connectivity index (χ1n) is 3.41. The standard InChI is InChI=1S/C7H13NO2/c1-2-6(8)3-4-7(9)5-10-7/h2,6,9H,1,3-5,8H2/t6-,7?/m1/s1. The molecule has 1 rings (SSSR count). The van der Waals surface area contributed by atoms with Crippen molar-refractivity contribution in [1.82, 2.24) is 0 Å². The Hall–Kier alpha value is -0.380. The van der Waals surface area contributed by atoms with Gasteiger partial charge in [0, 0.05) is 12.5 Å². The fraction of sp³-hybridized carbons (Fsp3) is 0.714. The molecule has 0 aromatic heterocycles. The van der Waals surface area contributed by atoms with Crippen LogP contribution in [0.4, 0.5) is 0 Å². The molecule has 1 heterocycles. The normalized spacial score (nSPS) is 33.4. The van der Waals surface area contributed by atoms with Crippen LogP contribution in [0.2, 0.25) is 0 Å². The summed E-state index contributed by atoms with van der Waals surface area (Å²) < 4.78 is 4.76. The Morgan fingerprint density at radius 2 is 2.50 bits per heavy atom. The molecule has 1 fully saturated rings. The van der Waals surface area contributed by atoms with Crippen molar-refractivity contribution in [3.63, 3.8) is 0 Å². The zero-order valence-corrected chi connectivity index (χ0v) is 5.92. The maximum Gasteiger partial charge on any atom is 0.189 e. The van der Waals surface area contributed by atoms with Gasteiger partial charge < -0.3 is 15.6 Å². The molecule has 3 N–H and O–H groups in total. The monoisotopic (exact) mass is 143 g/mol. The maximum absolute atomic E-state index is 9.16. The smallest absolute Gasteiger partial charge is 0.189 e. The Labute approximate surface area is 60.5 Å².